The zero-order chi connectivity index (χ0) is 21.7. The molecule has 1 aliphatic carbocycles. The molecule has 10 nitrogen and oxygen atoms in total. The molecule has 1 aromatic rings. The van der Waals surface area contributed by atoms with Crippen LogP contribution in [0.15, 0.2) is 30.3 Å². The standard InChI is InChI=1S/C20H24N4O6/c1-2-21-18(28)22-16(26)15(13-8-4-3-5-9-13)30-14(25)12-24-17(27)20(23-19(24)29)10-6-7-11-20/h3-5,8-9,15H,2,6-7,10-12H2,1H3,(H,23,29)(H2,21,22,26,28)/t15-/m0/s1. The molecular formula is C20H24N4O6. The largest absolute Gasteiger partial charge is 0.446 e. The molecule has 0 bridgehead atoms. The Morgan fingerprint density at radius 3 is 2.47 bits per heavy atom. The molecule has 160 valence electrons. The molecule has 1 atom stereocenters. The number of imide groups is 2. The van der Waals surface area contributed by atoms with E-state index >= 15 is 0 Å². The first kappa shape index (κ1) is 21.3. The van der Waals surface area contributed by atoms with E-state index < -0.39 is 48.0 Å². The second-order valence-corrected chi connectivity index (χ2v) is 7.24. The van der Waals surface area contributed by atoms with Crippen LogP contribution in [0.4, 0.5) is 9.59 Å². The molecule has 1 aliphatic heterocycles. The lowest BCUT2D eigenvalue weighted by Gasteiger charge is -2.21. The number of nitrogens with zero attached hydrogens (tertiary/aromatic N) is 1. The first-order chi connectivity index (χ1) is 14.4. The Labute approximate surface area is 173 Å². The Hall–Kier alpha value is -3.43. The highest BCUT2D eigenvalue weighted by molar-refractivity contribution is 6.09. The summed E-state index contributed by atoms with van der Waals surface area (Å²) in [5.41, 5.74) is -0.594. The highest BCUT2D eigenvalue weighted by Gasteiger charge is 2.53. The van der Waals surface area contributed by atoms with Crippen LogP contribution in [0, 0.1) is 0 Å². The molecule has 3 N–H and O–H groups in total. The van der Waals surface area contributed by atoms with E-state index in [9.17, 15) is 24.0 Å². The zero-order valence-corrected chi connectivity index (χ0v) is 16.6. The van der Waals surface area contributed by atoms with E-state index in [-0.39, 0.29) is 0 Å². The van der Waals surface area contributed by atoms with E-state index in [4.69, 9.17) is 4.74 Å². The van der Waals surface area contributed by atoms with Crippen LogP contribution in [0.5, 0.6) is 0 Å². The van der Waals surface area contributed by atoms with Crippen molar-refractivity contribution >= 4 is 29.8 Å². The van der Waals surface area contributed by atoms with Crippen LogP contribution in [-0.4, -0.2) is 53.4 Å². The van der Waals surface area contributed by atoms with Gasteiger partial charge in [0.2, 0.25) is 6.10 Å². The van der Waals surface area contributed by atoms with Crippen molar-refractivity contribution in [3.05, 3.63) is 35.9 Å². The van der Waals surface area contributed by atoms with Crippen molar-refractivity contribution in [3.63, 3.8) is 0 Å². The number of ether oxygens (including phenoxy) is 1. The van der Waals surface area contributed by atoms with Gasteiger partial charge >= 0.3 is 18.0 Å². The van der Waals surface area contributed by atoms with Crippen LogP contribution in [-0.2, 0) is 19.1 Å². The van der Waals surface area contributed by atoms with Gasteiger partial charge < -0.3 is 15.4 Å². The van der Waals surface area contributed by atoms with Crippen LogP contribution in [0.1, 0.15) is 44.3 Å². The molecule has 2 aliphatic rings. The van der Waals surface area contributed by atoms with Crippen molar-refractivity contribution in [1.82, 2.24) is 20.9 Å². The predicted octanol–water partition coefficient (Wildman–Crippen LogP) is 0.981. The summed E-state index contributed by atoms with van der Waals surface area (Å²) in [4.78, 5) is 62.5. The van der Waals surface area contributed by atoms with Gasteiger partial charge in [0.25, 0.3) is 11.8 Å². The Balaban J connectivity index is 1.70. The van der Waals surface area contributed by atoms with Gasteiger partial charge in [-0.3, -0.25) is 24.6 Å². The van der Waals surface area contributed by atoms with E-state index in [0.29, 0.717) is 24.9 Å². The van der Waals surface area contributed by atoms with Crippen LogP contribution in [0.3, 0.4) is 0 Å². The predicted molar refractivity (Wildman–Crippen MR) is 104 cm³/mol. The minimum absolute atomic E-state index is 0.308. The molecule has 10 heteroatoms. The lowest BCUT2D eigenvalue weighted by Crippen LogP contribution is -2.45. The number of amides is 6. The molecule has 1 saturated carbocycles. The molecule has 30 heavy (non-hydrogen) atoms. The van der Waals surface area contributed by atoms with Crippen molar-refractivity contribution in [1.29, 1.82) is 0 Å². The first-order valence-corrected chi connectivity index (χ1v) is 9.83. The average molecular weight is 416 g/mol. The van der Waals surface area contributed by atoms with E-state index in [1.807, 2.05) is 0 Å². The fraction of sp³-hybridized carbons (Fsp3) is 0.450. The monoisotopic (exact) mass is 416 g/mol. The summed E-state index contributed by atoms with van der Waals surface area (Å²) in [5, 5.41) is 7.21. The molecule has 0 aromatic heterocycles. The molecule has 3 rings (SSSR count). The third-order valence-electron chi connectivity index (χ3n) is 5.15. The Bertz CT molecular complexity index is 850. The molecule has 1 saturated heterocycles. The normalized spacial score (nSPS) is 18.1. The van der Waals surface area contributed by atoms with E-state index in [1.165, 1.54) is 0 Å². The van der Waals surface area contributed by atoms with E-state index in [0.717, 1.165) is 17.7 Å². The SMILES string of the molecule is CCNC(=O)NC(=O)[C@@H](OC(=O)CN1C(=O)NC2(CCCC2)C1=O)c1ccccc1. The average Bonchev–Trinajstić information content (AvgIpc) is 3.27. The highest BCUT2D eigenvalue weighted by Crippen LogP contribution is 2.35. The lowest BCUT2D eigenvalue weighted by molar-refractivity contribution is -0.157. The number of benzene rings is 1. The minimum atomic E-state index is -1.41. The summed E-state index contributed by atoms with van der Waals surface area (Å²) in [5.74, 6) is -2.23. The van der Waals surface area contributed by atoms with Crippen molar-refractivity contribution in [2.75, 3.05) is 13.1 Å². The molecular weight excluding hydrogens is 392 g/mol. The Morgan fingerprint density at radius 1 is 1.17 bits per heavy atom. The van der Waals surface area contributed by atoms with Crippen molar-refractivity contribution < 1.29 is 28.7 Å². The molecule has 1 aromatic carbocycles. The van der Waals surface area contributed by atoms with Crippen molar-refractivity contribution in [3.8, 4) is 0 Å². The zero-order valence-electron chi connectivity index (χ0n) is 16.6. The molecule has 0 radical (unpaired) electrons. The number of carbonyl (C=O) groups is 5. The number of hydrogen-bond acceptors (Lipinski definition) is 6. The summed E-state index contributed by atoms with van der Waals surface area (Å²) in [7, 11) is 0. The minimum Gasteiger partial charge on any atom is -0.446 e. The summed E-state index contributed by atoms with van der Waals surface area (Å²) >= 11 is 0. The Morgan fingerprint density at radius 2 is 1.83 bits per heavy atom. The summed E-state index contributed by atoms with van der Waals surface area (Å²) in [6.07, 6.45) is 1.29. The number of hydrogen-bond donors (Lipinski definition) is 3. The molecule has 1 spiro atoms. The lowest BCUT2D eigenvalue weighted by atomic mass is 9.98. The van der Waals surface area contributed by atoms with Gasteiger partial charge in [0, 0.05) is 12.1 Å². The fourth-order valence-corrected chi connectivity index (χ4v) is 3.72. The molecule has 0 unspecified atom stereocenters. The van der Waals surface area contributed by atoms with Gasteiger partial charge in [0.05, 0.1) is 0 Å². The topological polar surface area (TPSA) is 134 Å². The van der Waals surface area contributed by atoms with Crippen LogP contribution in [0.2, 0.25) is 0 Å². The van der Waals surface area contributed by atoms with Gasteiger partial charge in [-0.15, -0.1) is 0 Å². The van der Waals surface area contributed by atoms with Gasteiger partial charge in [0.15, 0.2) is 0 Å². The fourth-order valence-electron chi connectivity index (χ4n) is 3.72. The maximum absolute atomic E-state index is 12.7. The highest BCUT2D eigenvalue weighted by atomic mass is 16.5. The van der Waals surface area contributed by atoms with Gasteiger partial charge in [-0.2, -0.15) is 0 Å². The first-order valence-electron chi connectivity index (χ1n) is 9.83. The summed E-state index contributed by atoms with van der Waals surface area (Å²) < 4.78 is 5.28. The summed E-state index contributed by atoms with van der Waals surface area (Å²) in [6.45, 7) is 1.38. The number of esters is 1. The van der Waals surface area contributed by atoms with Crippen LogP contribution < -0.4 is 16.0 Å². The second kappa shape index (κ2) is 8.93. The molecule has 1 heterocycles. The van der Waals surface area contributed by atoms with Gasteiger partial charge in [0.1, 0.15) is 12.1 Å². The number of nitrogens with one attached hydrogen (secondary N) is 3. The quantitative estimate of drug-likeness (QED) is 0.468. The third-order valence-corrected chi connectivity index (χ3v) is 5.15. The second-order valence-electron chi connectivity index (χ2n) is 7.24. The van der Waals surface area contributed by atoms with Gasteiger partial charge in [-0.25, -0.2) is 9.59 Å². The maximum Gasteiger partial charge on any atom is 0.327 e. The summed E-state index contributed by atoms with van der Waals surface area (Å²) in [6, 6.07) is 6.78. The number of urea groups is 2. The number of carbonyl (C=O) groups excluding carboxylic acids is 5. The van der Waals surface area contributed by atoms with Crippen LogP contribution in [0.25, 0.3) is 0 Å². The maximum atomic E-state index is 12.7. The third kappa shape index (κ3) is 4.42. The molecule has 6 amide bonds. The molecule has 2 fully saturated rings. The van der Waals surface area contributed by atoms with Crippen molar-refractivity contribution in [2.24, 2.45) is 0 Å². The van der Waals surface area contributed by atoms with Gasteiger partial charge in [-0.05, 0) is 19.8 Å². The van der Waals surface area contributed by atoms with Crippen molar-refractivity contribution in [2.45, 2.75) is 44.2 Å². The van der Waals surface area contributed by atoms with Crippen LogP contribution >= 0.6 is 0 Å². The van der Waals surface area contributed by atoms with E-state index in [2.05, 4.69) is 16.0 Å². The van der Waals surface area contributed by atoms with E-state index in [1.54, 1.807) is 37.3 Å². The smallest absolute Gasteiger partial charge is 0.327 e. The number of rotatable bonds is 6. The van der Waals surface area contributed by atoms with Gasteiger partial charge in [-0.1, -0.05) is 43.2 Å². The Kier molecular flexibility index (Phi) is 6.34.